The number of fused-ring (bicyclic) bond motifs is 1. The van der Waals surface area contributed by atoms with Gasteiger partial charge in [-0.3, -0.25) is 4.79 Å². The van der Waals surface area contributed by atoms with Crippen molar-refractivity contribution < 1.29 is 22.7 Å². The maximum Gasteiger partial charge on any atom is 0.416 e. The lowest BCUT2D eigenvalue weighted by Gasteiger charge is -2.15. The predicted octanol–water partition coefficient (Wildman–Crippen LogP) is 3.70. The van der Waals surface area contributed by atoms with E-state index in [1.807, 2.05) is 6.92 Å². The van der Waals surface area contributed by atoms with Crippen molar-refractivity contribution in [3.8, 4) is 5.75 Å². The molecule has 2 aromatic carbocycles. The largest absolute Gasteiger partial charge is 0.492 e. The molecule has 0 spiro atoms. The van der Waals surface area contributed by atoms with Crippen molar-refractivity contribution in [3.63, 3.8) is 0 Å². The molecule has 0 bridgehead atoms. The summed E-state index contributed by atoms with van der Waals surface area (Å²) in [5.74, 6) is 0.560. The normalized spacial score (nSPS) is 15.7. The minimum absolute atomic E-state index is 0.195. The van der Waals surface area contributed by atoms with Crippen LogP contribution >= 0.6 is 0 Å². The standard InChI is InChI=1S/C20H18F3N5O2/c1-2-30-17-8-14-13(7-15(17)28-19(29)16-9-24-16)18(26-10-25-14)27-12-5-3-4-11(6-12)20(21,22)23/h3-8,10,16,24H,2,9H2,1H3,(H,28,29)(H,25,26,27). The molecule has 1 amide bonds. The highest BCUT2D eigenvalue weighted by Crippen LogP contribution is 2.35. The summed E-state index contributed by atoms with van der Waals surface area (Å²) in [6.07, 6.45) is -3.15. The molecular formula is C20H18F3N5O2. The third-order valence-corrected chi connectivity index (χ3v) is 4.47. The zero-order valence-electron chi connectivity index (χ0n) is 15.9. The topological polar surface area (TPSA) is 98.1 Å². The summed E-state index contributed by atoms with van der Waals surface area (Å²) in [5.41, 5.74) is 0.413. The smallest absolute Gasteiger partial charge is 0.416 e. The van der Waals surface area contributed by atoms with Crippen molar-refractivity contribution in [1.82, 2.24) is 15.3 Å². The average Bonchev–Trinajstić information content (AvgIpc) is 3.54. The summed E-state index contributed by atoms with van der Waals surface area (Å²) in [4.78, 5) is 20.6. The predicted molar refractivity (Wildman–Crippen MR) is 106 cm³/mol. The number of aromatic nitrogens is 2. The van der Waals surface area contributed by atoms with E-state index < -0.39 is 11.7 Å². The second kappa shape index (κ2) is 7.79. The van der Waals surface area contributed by atoms with Crippen LogP contribution in [0.1, 0.15) is 12.5 Å². The number of amides is 1. The molecule has 1 aliphatic heterocycles. The SMILES string of the molecule is CCOc1cc2ncnc(Nc3cccc(C(F)(F)F)c3)c2cc1NC(=O)C1CN1. The second-order valence-corrected chi connectivity index (χ2v) is 6.67. The summed E-state index contributed by atoms with van der Waals surface area (Å²) in [5, 5.41) is 9.17. The van der Waals surface area contributed by atoms with E-state index in [2.05, 4.69) is 25.9 Å². The Hall–Kier alpha value is -3.40. The highest BCUT2D eigenvalue weighted by Gasteiger charge is 2.31. The molecule has 156 valence electrons. The molecule has 10 heteroatoms. The third kappa shape index (κ3) is 4.28. The van der Waals surface area contributed by atoms with Gasteiger partial charge in [-0.1, -0.05) is 6.07 Å². The zero-order valence-corrected chi connectivity index (χ0v) is 15.9. The molecule has 1 aliphatic rings. The first-order valence-corrected chi connectivity index (χ1v) is 9.25. The fraction of sp³-hybridized carbons (Fsp3) is 0.250. The number of alkyl halides is 3. The number of nitrogens with one attached hydrogen (secondary N) is 3. The van der Waals surface area contributed by atoms with E-state index in [1.54, 1.807) is 12.1 Å². The lowest BCUT2D eigenvalue weighted by molar-refractivity contribution is -0.137. The van der Waals surface area contributed by atoms with E-state index in [0.717, 1.165) is 12.1 Å². The number of nitrogens with zero attached hydrogens (tertiary/aromatic N) is 2. The number of hydrogen-bond acceptors (Lipinski definition) is 6. The molecule has 3 N–H and O–H groups in total. The maximum atomic E-state index is 13.0. The van der Waals surface area contributed by atoms with E-state index >= 15 is 0 Å². The molecular weight excluding hydrogens is 399 g/mol. The van der Waals surface area contributed by atoms with Crippen LogP contribution in [-0.2, 0) is 11.0 Å². The second-order valence-electron chi connectivity index (χ2n) is 6.67. The highest BCUT2D eigenvalue weighted by molar-refractivity contribution is 6.02. The molecule has 1 aromatic heterocycles. The van der Waals surface area contributed by atoms with E-state index in [-0.39, 0.29) is 17.6 Å². The van der Waals surface area contributed by atoms with Gasteiger partial charge < -0.3 is 20.7 Å². The molecule has 3 aromatic rings. The van der Waals surface area contributed by atoms with Gasteiger partial charge in [0.15, 0.2) is 0 Å². The van der Waals surface area contributed by atoms with Crippen LogP contribution in [0.15, 0.2) is 42.7 Å². The van der Waals surface area contributed by atoms with Gasteiger partial charge >= 0.3 is 6.18 Å². The van der Waals surface area contributed by atoms with Gasteiger partial charge in [-0.25, -0.2) is 9.97 Å². The van der Waals surface area contributed by atoms with Crippen LogP contribution in [0.5, 0.6) is 5.75 Å². The lowest BCUT2D eigenvalue weighted by Crippen LogP contribution is -2.20. The number of benzene rings is 2. The molecule has 0 saturated carbocycles. The van der Waals surface area contributed by atoms with Crippen molar-refractivity contribution >= 4 is 34.0 Å². The number of ether oxygens (including phenoxy) is 1. The van der Waals surface area contributed by atoms with Gasteiger partial charge in [0.05, 0.1) is 29.4 Å². The Labute approximate surface area is 169 Å². The molecule has 30 heavy (non-hydrogen) atoms. The summed E-state index contributed by atoms with van der Waals surface area (Å²) >= 11 is 0. The van der Waals surface area contributed by atoms with Crippen molar-refractivity contribution in [2.24, 2.45) is 0 Å². The molecule has 1 atom stereocenters. The number of rotatable bonds is 6. The summed E-state index contributed by atoms with van der Waals surface area (Å²) < 4.78 is 44.6. The van der Waals surface area contributed by atoms with Crippen molar-refractivity contribution in [2.45, 2.75) is 19.1 Å². The maximum absolute atomic E-state index is 13.0. The van der Waals surface area contributed by atoms with E-state index in [1.165, 1.54) is 18.5 Å². The van der Waals surface area contributed by atoms with Crippen molar-refractivity contribution in [3.05, 3.63) is 48.3 Å². The van der Waals surface area contributed by atoms with Crippen molar-refractivity contribution in [2.75, 3.05) is 23.8 Å². The number of carbonyl (C=O) groups excluding carboxylic acids is 1. The first kappa shape index (κ1) is 19.9. The number of halogens is 3. The summed E-state index contributed by atoms with van der Waals surface area (Å²) in [6, 6.07) is 7.89. The third-order valence-electron chi connectivity index (χ3n) is 4.47. The quantitative estimate of drug-likeness (QED) is 0.529. The van der Waals surface area contributed by atoms with Crippen LogP contribution in [0.4, 0.5) is 30.4 Å². The Morgan fingerprint density at radius 2 is 2.07 bits per heavy atom. The van der Waals surface area contributed by atoms with Crippen LogP contribution in [0.3, 0.4) is 0 Å². The van der Waals surface area contributed by atoms with E-state index in [0.29, 0.717) is 41.3 Å². The van der Waals surface area contributed by atoms with E-state index in [9.17, 15) is 18.0 Å². The Kier molecular flexibility index (Phi) is 5.17. The summed E-state index contributed by atoms with van der Waals surface area (Å²) in [7, 11) is 0. The fourth-order valence-electron chi connectivity index (χ4n) is 2.93. The van der Waals surface area contributed by atoms with Crippen molar-refractivity contribution in [1.29, 1.82) is 0 Å². The van der Waals surface area contributed by atoms with Gasteiger partial charge in [0.25, 0.3) is 0 Å². The number of anilines is 3. The molecule has 4 rings (SSSR count). The molecule has 1 unspecified atom stereocenters. The molecule has 2 heterocycles. The summed E-state index contributed by atoms with van der Waals surface area (Å²) in [6.45, 7) is 2.81. The average molecular weight is 417 g/mol. The van der Waals surface area contributed by atoms with E-state index in [4.69, 9.17) is 4.74 Å². The van der Waals surface area contributed by atoms with Gasteiger partial charge in [-0.2, -0.15) is 13.2 Å². The van der Waals surface area contributed by atoms with Gasteiger partial charge in [0, 0.05) is 23.7 Å². The zero-order chi connectivity index (χ0) is 21.3. The molecule has 1 saturated heterocycles. The molecule has 0 radical (unpaired) electrons. The van der Waals surface area contributed by atoms with Crippen LogP contribution in [0, 0.1) is 0 Å². The fourth-order valence-corrected chi connectivity index (χ4v) is 2.93. The lowest BCUT2D eigenvalue weighted by atomic mass is 10.1. The molecule has 0 aliphatic carbocycles. The number of hydrogen-bond donors (Lipinski definition) is 3. The van der Waals surface area contributed by atoms with Crippen LogP contribution in [0.2, 0.25) is 0 Å². The van der Waals surface area contributed by atoms with Gasteiger partial charge in [0.1, 0.15) is 17.9 Å². The molecule has 1 fully saturated rings. The highest BCUT2D eigenvalue weighted by atomic mass is 19.4. The minimum Gasteiger partial charge on any atom is -0.492 e. The first-order valence-electron chi connectivity index (χ1n) is 9.25. The van der Waals surface area contributed by atoms with Crippen LogP contribution < -0.4 is 20.7 Å². The first-order chi connectivity index (χ1) is 14.3. The van der Waals surface area contributed by atoms with Gasteiger partial charge in [-0.15, -0.1) is 0 Å². The molecule has 7 nitrogen and oxygen atoms in total. The number of carbonyl (C=O) groups is 1. The Bertz CT molecular complexity index is 1100. The Morgan fingerprint density at radius 1 is 1.27 bits per heavy atom. The Balaban J connectivity index is 1.72. The van der Waals surface area contributed by atoms with Gasteiger partial charge in [0.2, 0.25) is 5.91 Å². The monoisotopic (exact) mass is 417 g/mol. The minimum atomic E-state index is -4.45. The van der Waals surface area contributed by atoms with Gasteiger partial charge in [-0.05, 0) is 31.2 Å². The van der Waals surface area contributed by atoms with Crippen LogP contribution in [0.25, 0.3) is 10.9 Å². The van der Waals surface area contributed by atoms with Crippen LogP contribution in [-0.4, -0.2) is 35.1 Å². The Morgan fingerprint density at radius 3 is 2.77 bits per heavy atom.